The highest BCUT2D eigenvalue weighted by atomic mass is 16.5. The van der Waals surface area contributed by atoms with E-state index in [-0.39, 0.29) is 0 Å². The predicted molar refractivity (Wildman–Crippen MR) is 55.9 cm³/mol. The zero-order chi connectivity index (χ0) is 9.57. The van der Waals surface area contributed by atoms with Crippen LogP contribution in [-0.2, 0) is 4.74 Å². The summed E-state index contributed by atoms with van der Waals surface area (Å²) in [6.07, 6.45) is 5.33. The van der Waals surface area contributed by atoms with Crippen LogP contribution in [0.3, 0.4) is 0 Å². The van der Waals surface area contributed by atoms with Crippen molar-refractivity contribution in [2.75, 3.05) is 26.3 Å². The maximum Gasteiger partial charge on any atom is 0.0523 e. The van der Waals surface area contributed by atoms with Gasteiger partial charge < -0.3 is 10.1 Å². The van der Waals surface area contributed by atoms with Gasteiger partial charge in [0.05, 0.1) is 6.61 Å². The molecule has 0 aliphatic carbocycles. The van der Waals surface area contributed by atoms with Crippen molar-refractivity contribution in [1.82, 2.24) is 5.32 Å². The lowest BCUT2D eigenvalue weighted by Gasteiger charge is -2.40. The highest BCUT2D eigenvalue weighted by Crippen LogP contribution is 2.36. The van der Waals surface area contributed by atoms with Crippen LogP contribution in [0.25, 0.3) is 0 Å². The largest absolute Gasteiger partial charge is 0.381 e. The molecule has 1 N–H and O–H groups in total. The Bertz CT molecular complexity index is 105. The lowest BCUT2D eigenvalue weighted by atomic mass is 9.75. The van der Waals surface area contributed by atoms with Gasteiger partial charge in [0.2, 0.25) is 0 Å². The Morgan fingerprint density at radius 2 is 1.77 bits per heavy atom. The van der Waals surface area contributed by atoms with Crippen LogP contribution < -0.4 is 5.32 Å². The molecular weight excluding hydrogens is 162 g/mol. The van der Waals surface area contributed by atoms with E-state index in [0.29, 0.717) is 5.41 Å². The van der Waals surface area contributed by atoms with E-state index in [1.54, 1.807) is 0 Å². The molecule has 0 amide bonds. The van der Waals surface area contributed by atoms with Gasteiger partial charge >= 0.3 is 0 Å². The highest BCUT2D eigenvalue weighted by Gasteiger charge is 2.33. The number of nitrogens with one attached hydrogen (secondary N) is 1. The van der Waals surface area contributed by atoms with Gasteiger partial charge in [-0.2, -0.15) is 0 Å². The molecule has 0 unspecified atom stereocenters. The average Bonchev–Trinajstić information content (AvgIpc) is 2.23. The fraction of sp³-hybridized carbons (Fsp3) is 1.00. The number of hydrogen-bond donors (Lipinski definition) is 1. The van der Waals surface area contributed by atoms with Crippen molar-refractivity contribution in [3.8, 4) is 0 Å². The van der Waals surface area contributed by atoms with Crippen molar-refractivity contribution in [1.29, 1.82) is 0 Å². The molecule has 2 nitrogen and oxygen atoms in total. The second kappa shape index (κ2) is 5.61. The summed E-state index contributed by atoms with van der Waals surface area (Å²) in [6.45, 7) is 8.41. The Kier molecular flexibility index (Phi) is 4.74. The quantitative estimate of drug-likeness (QED) is 0.624. The number of piperidine rings is 1. The minimum Gasteiger partial charge on any atom is -0.381 e. The monoisotopic (exact) mass is 185 g/mol. The first-order chi connectivity index (χ1) is 6.41. The van der Waals surface area contributed by atoms with E-state index in [9.17, 15) is 0 Å². The first-order valence-electron chi connectivity index (χ1n) is 5.70. The highest BCUT2D eigenvalue weighted by molar-refractivity contribution is 4.86. The number of ether oxygens (including phenoxy) is 1. The van der Waals surface area contributed by atoms with Gasteiger partial charge in [0.15, 0.2) is 0 Å². The molecule has 0 aromatic heterocycles. The fourth-order valence-electron chi connectivity index (χ4n) is 2.26. The lowest BCUT2D eigenvalue weighted by Crippen LogP contribution is -2.41. The smallest absolute Gasteiger partial charge is 0.0523 e. The molecule has 0 radical (unpaired) electrons. The van der Waals surface area contributed by atoms with E-state index in [1.807, 2.05) is 13.8 Å². The summed E-state index contributed by atoms with van der Waals surface area (Å²) in [5, 5.41) is 3.40. The van der Waals surface area contributed by atoms with E-state index in [1.165, 1.54) is 38.8 Å². The van der Waals surface area contributed by atoms with Gasteiger partial charge in [0.25, 0.3) is 0 Å². The van der Waals surface area contributed by atoms with Crippen LogP contribution >= 0.6 is 0 Å². The van der Waals surface area contributed by atoms with E-state index >= 15 is 0 Å². The molecule has 2 rings (SSSR count). The molecule has 2 heterocycles. The minimum absolute atomic E-state index is 0.573. The number of rotatable bonds is 0. The summed E-state index contributed by atoms with van der Waals surface area (Å²) >= 11 is 0. The third kappa shape index (κ3) is 2.96. The SMILES string of the molecule is C1COCC2(C1)CCNCC2.CC. The van der Waals surface area contributed by atoms with Gasteiger partial charge in [-0.05, 0) is 44.2 Å². The molecule has 0 atom stereocenters. The standard InChI is InChI=1S/C9H17NO.C2H6/c1-2-9(8-11-7-1)3-5-10-6-4-9;1-2/h10H,1-8H2;1-2H3. The van der Waals surface area contributed by atoms with E-state index in [2.05, 4.69) is 5.32 Å². The van der Waals surface area contributed by atoms with Crippen molar-refractivity contribution in [2.45, 2.75) is 39.5 Å². The molecule has 0 bridgehead atoms. The van der Waals surface area contributed by atoms with Gasteiger partial charge in [-0.1, -0.05) is 13.8 Å². The topological polar surface area (TPSA) is 21.3 Å². The molecule has 2 heteroatoms. The first-order valence-corrected chi connectivity index (χ1v) is 5.70. The third-order valence-corrected chi connectivity index (χ3v) is 3.07. The van der Waals surface area contributed by atoms with Crippen LogP contribution in [0.4, 0.5) is 0 Å². The second-order valence-electron chi connectivity index (χ2n) is 3.91. The molecule has 13 heavy (non-hydrogen) atoms. The molecular formula is C11H23NO. The van der Waals surface area contributed by atoms with Crippen LogP contribution in [-0.4, -0.2) is 26.3 Å². The van der Waals surface area contributed by atoms with Crippen LogP contribution in [0.15, 0.2) is 0 Å². The molecule has 78 valence electrons. The molecule has 1 spiro atoms. The Morgan fingerprint density at radius 3 is 2.31 bits per heavy atom. The predicted octanol–water partition coefficient (Wildman–Crippen LogP) is 2.19. The average molecular weight is 185 g/mol. The summed E-state index contributed by atoms with van der Waals surface area (Å²) in [7, 11) is 0. The van der Waals surface area contributed by atoms with Gasteiger partial charge in [-0.25, -0.2) is 0 Å². The zero-order valence-electron chi connectivity index (χ0n) is 9.07. The van der Waals surface area contributed by atoms with Crippen molar-refractivity contribution >= 4 is 0 Å². The first kappa shape index (κ1) is 11.0. The lowest BCUT2D eigenvalue weighted by molar-refractivity contribution is -0.0241. The summed E-state index contributed by atoms with van der Waals surface area (Å²) in [6, 6.07) is 0. The van der Waals surface area contributed by atoms with Gasteiger partial charge in [-0.15, -0.1) is 0 Å². The Balaban J connectivity index is 0.000000396. The van der Waals surface area contributed by atoms with Crippen LogP contribution in [0.5, 0.6) is 0 Å². The molecule has 2 aliphatic rings. The third-order valence-electron chi connectivity index (χ3n) is 3.07. The molecule has 0 aromatic rings. The summed E-state index contributed by atoms with van der Waals surface area (Å²) < 4.78 is 5.54. The van der Waals surface area contributed by atoms with E-state index in [0.717, 1.165) is 13.2 Å². The normalized spacial score (nSPS) is 26.3. The maximum atomic E-state index is 5.54. The zero-order valence-corrected chi connectivity index (χ0v) is 9.07. The van der Waals surface area contributed by atoms with Crippen molar-refractivity contribution in [3.63, 3.8) is 0 Å². The fourth-order valence-corrected chi connectivity index (χ4v) is 2.26. The molecule has 0 aromatic carbocycles. The summed E-state index contributed by atoms with van der Waals surface area (Å²) in [5.74, 6) is 0. The molecule has 2 aliphatic heterocycles. The maximum absolute atomic E-state index is 5.54. The van der Waals surface area contributed by atoms with Gasteiger partial charge in [0, 0.05) is 6.61 Å². The van der Waals surface area contributed by atoms with Crippen molar-refractivity contribution in [3.05, 3.63) is 0 Å². The second-order valence-corrected chi connectivity index (χ2v) is 3.91. The Morgan fingerprint density at radius 1 is 1.08 bits per heavy atom. The van der Waals surface area contributed by atoms with Crippen LogP contribution in [0.2, 0.25) is 0 Å². The van der Waals surface area contributed by atoms with E-state index < -0.39 is 0 Å². The van der Waals surface area contributed by atoms with Gasteiger partial charge in [0.1, 0.15) is 0 Å². The van der Waals surface area contributed by atoms with E-state index in [4.69, 9.17) is 4.74 Å². The minimum atomic E-state index is 0.573. The molecule has 2 fully saturated rings. The number of hydrogen-bond acceptors (Lipinski definition) is 2. The van der Waals surface area contributed by atoms with Crippen molar-refractivity contribution in [2.24, 2.45) is 5.41 Å². The van der Waals surface area contributed by atoms with Crippen molar-refractivity contribution < 1.29 is 4.74 Å². The van der Waals surface area contributed by atoms with Crippen LogP contribution in [0, 0.1) is 5.41 Å². The Labute approximate surface area is 82.0 Å². The van der Waals surface area contributed by atoms with Crippen LogP contribution in [0.1, 0.15) is 39.5 Å². The summed E-state index contributed by atoms with van der Waals surface area (Å²) in [5.41, 5.74) is 0.573. The summed E-state index contributed by atoms with van der Waals surface area (Å²) in [4.78, 5) is 0. The molecule has 2 saturated heterocycles. The van der Waals surface area contributed by atoms with Gasteiger partial charge in [-0.3, -0.25) is 0 Å². The molecule has 0 saturated carbocycles. The Hall–Kier alpha value is -0.0800.